The zero-order valence-corrected chi connectivity index (χ0v) is 17.2. The molecular formula is C24H26N2O4. The fourth-order valence-corrected chi connectivity index (χ4v) is 3.45. The van der Waals surface area contributed by atoms with Gasteiger partial charge in [-0.3, -0.25) is 9.59 Å². The second kappa shape index (κ2) is 9.41. The summed E-state index contributed by atoms with van der Waals surface area (Å²) in [6, 6.07) is 15.3. The Hall–Kier alpha value is -3.38. The van der Waals surface area contributed by atoms with E-state index in [1.54, 1.807) is 42.5 Å². The van der Waals surface area contributed by atoms with Crippen LogP contribution in [0.1, 0.15) is 17.2 Å². The maximum absolute atomic E-state index is 12.9. The summed E-state index contributed by atoms with van der Waals surface area (Å²) in [5, 5.41) is 11.0. The average molecular weight is 406 g/mol. The molecule has 0 radical (unpaired) electrons. The number of ether oxygens (including phenoxy) is 1. The third-order valence-corrected chi connectivity index (χ3v) is 4.92. The van der Waals surface area contributed by atoms with Gasteiger partial charge in [0.05, 0.1) is 11.6 Å². The number of Topliss-reactive ketones (excluding diaryl/α,β-unsaturated/α-hetero) is 1. The maximum atomic E-state index is 12.9. The number of amides is 1. The molecule has 6 nitrogen and oxygen atoms in total. The molecule has 1 aliphatic rings. The highest BCUT2D eigenvalue weighted by molar-refractivity contribution is 6.46. The van der Waals surface area contributed by atoms with Gasteiger partial charge in [0.2, 0.25) is 0 Å². The molecule has 1 atom stereocenters. The fraction of sp³-hybridized carbons (Fsp3) is 0.250. The number of rotatable bonds is 8. The molecule has 0 aromatic heterocycles. The van der Waals surface area contributed by atoms with E-state index in [9.17, 15) is 14.7 Å². The van der Waals surface area contributed by atoms with Gasteiger partial charge in [0.25, 0.3) is 11.7 Å². The molecule has 1 N–H and O–H groups in total. The first-order valence-electron chi connectivity index (χ1n) is 9.76. The summed E-state index contributed by atoms with van der Waals surface area (Å²) in [6.45, 7) is 4.93. The number of hydrogen-bond donors (Lipinski definition) is 1. The summed E-state index contributed by atoms with van der Waals surface area (Å²) in [6.07, 6.45) is 1.64. The molecule has 3 rings (SSSR count). The highest BCUT2D eigenvalue weighted by Gasteiger charge is 2.45. The molecule has 1 amide bonds. The molecule has 2 aromatic rings. The first-order valence-corrected chi connectivity index (χ1v) is 9.76. The molecule has 2 aromatic carbocycles. The minimum atomic E-state index is -0.697. The van der Waals surface area contributed by atoms with Crippen LogP contribution in [0, 0.1) is 0 Å². The predicted octanol–water partition coefficient (Wildman–Crippen LogP) is 3.23. The van der Waals surface area contributed by atoms with E-state index >= 15 is 0 Å². The van der Waals surface area contributed by atoms with E-state index in [0.29, 0.717) is 36.6 Å². The van der Waals surface area contributed by atoms with Gasteiger partial charge in [-0.15, -0.1) is 0 Å². The van der Waals surface area contributed by atoms with Crippen LogP contribution < -0.4 is 4.74 Å². The number of likely N-dealkylation sites (tertiary alicyclic amines) is 1. The minimum absolute atomic E-state index is 0.0887. The van der Waals surface area contributed by atoms with Crippen molar-refractivity contribution < 1.29 is 19.4 Å². The van der Waals surface area contributed by atoms with E-state index in [1.165, 1.54) is 4.90 Å². The third-order valence-electron chi connectivity index (χ3n) is 4.92. The summed E-state index contributed by atoms with van der Waals surface area (Å²) in [5.74, 6) is -0.872. The normalized spacial score (nSPS) is 18.1. The molecule has 156 valence electrons. The molecule has 1 fully saturated rings. The Labute approximate surface area is 176 Å². The Morgan fingerprint density at radius 2 is 1.90 bits per heavy atom. The largest absolute Gasteiger partial charge is 0.507 e. The summed E-state index contributed by atoms with van der Waals surface area (Å²) in [4.78, 5) is 29.3. The molecule has 0 saturated carbocycles. The SMILES string of the molecule is C=CCOc1cccc([C@@H]2/C(=C(\O)c3ccccc3)C(=O)C(=O)N2CCN(C)C)c1. The Bertz CT molecular complexity index is 966. The van der Waals surface area contributed by atoms with E-state index < -0.39 is 17.7 Å². The van der Waals surface area contributed by atoms with Crippen molar-refractivity contribution in [3.63, 3.8) is 0 Å². The molecule has 6 heteroatoms. The van der Waals surface area contributed by atoms with Crippen molar-refractivity contribution in [2.24, 2.45) is 0 Å². The van der Waals surface area contributed by atoms with Crippen molar-refractivity contribution >= 4 is 17.4 Å². The van der Waals surface area contributed by atoms with Crippen LogP contribution in [0.4, 0.5) is 0 Å². The van der Waals surface area contributed by atoms with Gasteiger partial charge < -0.3 is 19.6 Å². The number of hydrogen-bond acceptors (Lipinski definition) is 5. The number of carbonyl (C=O) groups is 2. The lowest BCUT2D eigenvalue weighted by Gasteiger charge is -2.26. The molecule has 1 heterocycles. The van der Waals surface area contributed by atoms with Crippen molar-refractivity contribution in [2.45, 2.75) is 6.04 Å². The molecule has 1 saturated heterocycles. The monoisotopic (exact) mass is 406 g/mol. The van der Waals surface area contributed by atoms with Gasteiger partial charge in [0, 0.05) is 18.7 Å². The Kier molecular flexibility index (Phi) is 6.69. The van der Waals surface area contributed by atoms with Crippen LogP contribution in [0.5, 0.6) is 5.75 Å². The van der Waals surface area contributed by atoms with Gasteiger partial charge in [0.15, 0.2) is 0 Å². The van der Waals surface area contributed by atoms with Crippen LogP contribution in [0.25, 0.3) is 5.76 Å². The lowest BCUT2D eigenvalue weighted by molar-refractivity contribution is -0.140. The average Bonchev–Trinajstić information content (AvgIpc) is 3.01. The van der Waals surface area contributed by atoms with Crippen molar-refractivity contribution in [3.05, 3.63) is 84.0 Å². The Balaban J connectivity index is 2.11. The Morgan fingerprint density at radius 1 is 1.17 bits per heavy atom. The molecule has 30 heavy (non-hydrogen) atoms. The molecule has 1 aliphatic heterocycles. The summed E-state index contributed by atoms with van der Waals surface area (Å²) < 4.78 is 5.63. The van der Waals surface area contributed by atoms with E-state index in [2.05, 4.69) is 6.58 Å². The fourth-order valence-electron chi connectivity index (χ4n) is 3.45. The van der Waals surface area contributed by atoms with Crippen LogP contribution in [-0.4, -0.2) is 60.4 Å². The van der Waals surface area contributed by atoms with Crippen LogP contribution >= 0.6 is 0 Å². The number of carbonyl (C=O) groups excluding carboxylic acids is 2. The second-order valence-corrected chi connectivity index (χ2v) is 7.33. The Morgan fingerprint density at radius 3 is 2.57 bits per heavy atom. The van der Waals surface area contributed by atoms with Crippen LogP contribution in [0.3, 0.4) is 0 Å². The topological polar surface area (TPSA) is 70.1 Å². The zero-order valence-electron chi connectivity index (χ0n) is 17.2. The number of benzene rings is 2. The van der Waals surface area contributed by atoms with Crippen molar-refractivity contribution in [3.8, 4) is 5.75 Å². The van der Waals surface area contributed by atoms with Crippen molar-refractivity contribution in [1.82, 2.24) is 9.80 Å². The molecule has 0 bridgehead atoms. The number of nitrogens with zero attached hydrogens (tertiary/aromatic N) is 2. The van der Waals surface area contributed by atoms with Gasteiger partial charge in [-0.2, -0.15) is 0 Å². The standard InChI is InChI=1S/C24H26N2O4/c1-4-15-30-19-12-8-11-18(16-19)21-20(22(27)17-9-6-5-7-10-17)23(28)24(29)26(21)14-13-25(2)3/h4-12,16,21,27H,1,13-15H2,2-3H3/b22-20+/t21-/m1/s1. The van der Waals surface area contributed by atoms with Crippen LogP contribution in [0.15, 0.2) is 72.8 Å². The van der Waals surface area contributed by atoms with E-state index in [0.717, 1.165) is 0 Å². The number of ketones is 1. The number of aliphatic hydroxyl groups excluding tert-OH is 1. The van der Waals surface area contributed by atoms with Gasteiger partial charge in [0.1, 0.15) is 18.1 Å². The highest BCUT2D eigenvalue weighted by Crippen LogP contribution is 2.40. The van der Waals surface area contributed by atoms with Crippen LogP contribution in [-0.2, 0) is 9.59 Å². The molecule has 0 spiro atoms. The van der Waals surface area contributed by atoms with E-state index in [-0.39, 0.29) is 11.3 Å². The predicted molar refractivity (Wildman–Crippen MR) is 116 cm³/mol. The molecule has 0 aliphatic carbocycles. The van der Waals surface area contributed by atoms with E-state index in [1.807, 2.05) is 37.2 Å². The first-order chi connectivity index (χ1) is 14.4. The van der Waals surface area contributed by atoms with Crippen LogP contribution in [0.2, 0.25) is 0 Å². The second-order valence-electron chi connectivity index (χ2n) is 7.33. The smallest absolute Gasteiger partial charge is 0.295 e. The maximum Gasteiger partial charge on any atom is 0.295 e. The van der Waals surface area contributed by atoms with Crippen molar-refractivity contribution in [2.75, 3.05) is 33.8 Å². The highest BCUT2D eigenvalue weighted by atomic mass is 16.5. The molecular weight excluding hydrogens is 380 g/mol. The van der Waals surface area contributed by atoms with Gasteiger partial charge >= 0.3 is 0 Å². The van der Waals surface area contributed by atoms with Crippen molar-refractivity contribution in [1.29, 1.82) is 0 Å². The third kappa shape index (κ3) is 4.44. The van der Waals surface area contributed by atoms with Gasteiger partial charge in [-0.05, 0) is 31.8 Å². The number of aliphatic hydroxyl groups is 1. The van der Waals surface area contributed by atoms with E-state index in [4.69, 9.17) is 4.74 Å². The summed E-state index contributed by atoms with van der Waals surface area (Å²) >= 11 is 0. The summed E-state index contributed by atoms with van der Waals surface area (Å²) in [7, 11) is 3.80. The van der Waals surface area contributed by atoms with Gasteiger partial charge in [-0.1, -0.05) is 55.1 Å². The summed E-state index contributed by atoms with van der Waals surface area (Å²) in [5.41, 5.74) is 1.28. The lowest BCUT2D eigenvalue weighted by atomic mass is 9.95. The number of likely N-dealkylation sites (N-methyl/N-ethyl adjacent to an activating group) is 1. The lowest BCUT2D eigenvalue weighted by Crippen LogP contribution is -2.35. The van der Waals surface area contributed by atoms with Gasteiger partial charge in [-0.25, -0.2) is 0 Å². The first kappa shape index (κ1) is 21.3. The quantitative estimate of drug-likeness (QED) is 0.315. The minimum Gasteiger partial charge on any atom is -0.507 e. The molecule has 0 unspecified atom stereocenters. The zero-order chi connectivity index (χ0) is 21.7.